The van der Waals surface area contributed by atoms with Crippen LogP contribution in [0.25, 0.3) is 0 Å². The molecule has 9 heteroatoms. The van der Waals surface area contributed by atoms with Gasteiger partial charge in [-0.15, -0.1) is 5.53 Å². The Morgan fingerprint density at radius 2 is 1.77 bits per heavy atom. The Kier molecular flexibility index (Phi) is 8.11. The summed E-state index contributed by atoms with van der Waals surface area (Å²) >= 11 is 0. The standard InChI is InChI=1S/C31H36N4O5/c1-5-40-30(37)14-11-22-17-27-31(28(18-22)39-4)33(2)32-35(27)26-8-6-7-23-20-34(16-15-25(23)26)29(36)19-21-9-12-24(38-3)13-10-21/h6-10,12-13,17-18,32H,5,11,14-16,19-20H2,1-4H3. The van der Waals surface area contributed by atoms with Gasteiger partial charge in [-0.05, 0) is 72.4 Å². The van der Waals surface area contributed by atoms with E-state index in [-0.39, 0.29) is 11.9 Å². The highest BCUT2D eigenvalue weighted by Gasteiger charge is 2.32. The molecule has 0 unspecified atom stereocenters. The molecular weight excluding hydrogens is 508 g/mol. The minimum Gasteiger partial charge on any atom is -0.497 e. The summed E-state index contributed by atoms with van der Waals surface area (Å²) in [6.07, 6.45) is 1.97. The number of methoxy groups -OCH3 is 2. The Balaban J connectivity index is 1.37. The molecule has 1 amide bonds. The smallest absolute Gasteiger partial charge is 0.306 e. The van der Waals surface area contributed by atoms with Crippen molar-refractivity contribution < 1.29 is 23.8 Å². The highest BCUT2D eigenvalue weighted by molar-refractivity contribution is 5.87. The van der Waals surface area contributed by atoms with E-state index in [2.05, 4.69) is 28.7 Å². The number of nitrogens with zero attached hydrogens (tertiary/aromatic N) is 3. The van der Waals surface area contributed by atoms with Gasteiger partial charge in [-0.25, -0.2) is 0 Å². The second kappa shape index (κ2) is 11.9. The maximum absolute atomic E-state index is 13.2. The number of carbonyl (C=O) groups is 2. The van der Waals surface area contributed by atoms with E-state index in [9.17, 15) is 9.59 Å². The first-order chi connectivity index (χ1) is 19.4. The highest BCUT2D eigenvalue weighted by Crippen LogP contribution is 2.46. The lowest BCUT2D eigenvalue weighted by molar-refractivity contribution is -0.143. The van der Waals surface area contributed by atoms with Crippen LogP contribution in [0.1, 0.15) is 35.6 Å². The first-order valence-electron chi connectivity index (χ1n) is 13.6. The lowest BCUT2D eigenvalue weighted by Gasteiger charge is -2.32. The number of fused-ring (bicyclic) bond motifs is 2. The van der Waals surface area contributed by atoms with Gasteiger partial charge in [-0.1, -0.05) is 24.3 Å². The minimum absolute atomic E-state index is 0.113. The number of hydrazine groups is 2. The van der Waals surface area contributed by atoms with Gasteiger partial charge in [0, 0.05) is 26.6 Å². The molecule has 9 nitrogen and oxygen atoms in total. The minimum atomic E-state index is -0.211. The van der Waals surface area contributed by atoms with Crippen LogP contribution in [-0.4, -0.2) is 51.2 Å². The summed E-state index contributed by atoms with van der Waals surface area (Å²) in [5.74, 6) is 1.41. The van der Waals surface area contributed by atoms with Gasteiger partial charge >= 0.3 is 5.97 Å². The molecule has 0 aromatic heterocycles. The van der Waals surface area contributed by atoms with Gasteiger partial charge in [0.15, 0.2) is 0 Å². The zero-order valence-electron chi connectivity index (χ0n) is 23.5. The van der Waals surface area contributed by atoms with Crippen LogP contribution in [0, 0.1) is 0 Å². The van der Waals surface area contributed by atoms with Crippen LogP contribution in [0.5, 0.6) is 11.5 Å². The van der Waals surface area contributed by atoms with Crippen LogP contribution in [-0.2, 0) is 40.1 Å². The number of hydrogen-bond acceptors (Lipinski definition) is 8. The summed E-state index contributed by atoms with van der Waals surface area (Å²) in [4.78, 5) is 27.1. The topological polar surface area (TPSA) is 83.6 Å². The fraction of sp³-hybridized carbons (Fsp3) is 0.355. The van der Waals surface area contributed by atoms with Crippen molar-refractivity contribution in [3.63, 3.8) is 0 Å². The molecule has 0 atom stereocenters. The maximum Gasteiger partial charge on any atom is 0.306 e. The Morgan fingerprint density at radius 1 is 0.975 bits per heavy atom. The molecule has 5 rings (SSSR count). The summed E-state index contributed by atoms with van der Waals surface area (Å²) in [6, 6.07) is 18.0. The molecule has 0 bridgehead atoms. The number of amides is 1. The molecule has 0 saturated heterocycles. The monoisotopic (exact) mass is 544 g/mol. The molecule has 0 fully saturated rings. The lowest BCUT2D eigenvalue weighted by atomic mass is 9.96. The molecule has 0 spiro atoms. The molecule has 40 heavy (non-hydrogen) atoms. The molecule has 2 aliphatic rings. The predicted octanol–water partition coefficient (Wildman–Crippen LogP) is 4.33. The van der Waals surface area contributed by atoms with E-state index >= 15 is 0 Å². The van der Waals surface area contributed by atoms with Gasteiger partial charge in [0.2, 0.25) is 5.91 Å². The molecule has 0 saturated carbocycles. The lowest BCUT2D eigenvalue weighted by Crippen LogP contribution is -2.41. The van der Waals surface area contributed by atoms with Gasteiger partial charge in [0.25, 0.3) is 0 Å². The number of ether oxygens (including phenoxy) is 3. The van der Waals surface area contributed by atoms with E-state index in [4.69, 9.17) is 14.2 Å². The van der Waals surface area contributed by atoms with E-state index in [1.54, 1.807) is 14.2 Å². The largest absolute Gasteiger partial charge is 0.497 e. The first kappa shape index (κ1) is 27.3. The number of aryl methyl sites for hydroxylation is 1. The molecule has 0 radical (unpaired) electrons. The van der Waals surface area contributed by atoms with Crippen LogP contribution in [0.4, 0.5) is 17.1 Å². The number of carbonyl (C=O) groups excluding carboxylic acids is 2. The van der Waals surface area contributed by atoms with Crippen molar-refractivity contribution in [2.75, 3.05) is 44.4 Å². The van der Waals surface area contributed by atoms with E-state index in [1.165, 1.54) is 5.56 Å². The number of rotatable bonds is 9. The number of nitrogens with one attached hydrogen (secondary N) is 1. The normalized spacial score (nSPS) is 14.1. The van der Waals surface area contributed by atoms with Crippen molar-refractivity contribution in [1.82, 2.24) is 10.4 Å². The fourth-order valence-corrected chi connectivity index (χ4v) is 5.41. The summed E-state index contributed by atoms with van der Waals surface area (Å²) < 4.78 is 16.1. The van der Waals surface area contributed by atoms with Crippen LogP contribution >= 0.6 is 0 Å². The van der Waals surface area contributed by atoms with Gasteiger partial charge < -0.3 is 19.1 Å². The van der Waals surface area contributed by atoms with E-state index in [0.717, 1.165) is 51.7 Å². The van der Waals surface area contributed by atoms with E-state index in [1.807, 2.05) is 60.3 Å². The first-order valence-corrected chi connectivity index (χ1v) is 13.6. The van der Waals surface area contributed by atoms with Crippen molar-refractivity contribution in [2.24, 2.45) is 0 Å². The zero-order valence-corrected chi connectivity index (χ0v) is 23.5. The molecule has 3 aromatic carbocycles. The SMILES string of the molecule is CCOC(=O)CCc1cc(OC)c2c(c1)N(c1cccc3c1CCN(C(=O)Cc1ccc(OC)cc1)C3)NN2C. The van der Waals surface area contributed by atoms with Crippen LogP contribution in [0.3, 0.4) is 0 Å². The third kappa shape index (κ3) is 5.56. The van der Waals surface area contributed by atoms with Crippen molar-refractivity contribution in [3.05, 3.63) is 76.9 Å². The maximum atomic E-state index is 13.2. The van der Waals surface area contributed by atoms with Crippen LogP contribution in [0.15, 0.2) is 54.6 Å². The number of esters is 1. The molecule has 1 N–H and O–H groups in total. The second-order valence-corrected chi connectivity index (χ2v) is 9.97. The van der Waals surface area contributed by atoms with Crippen LogP contribution < -0.4 is 25.0 Å². The third-order valence-electron chi connectivity index (χ3n) is 7.43. The number of anilines is 3. The Labute approximate surface area is 235 Å². The summed E-state index contributed by atoms with van der Waals surface area (Å²) in [7, 11) is 5.24. The third-order valence-corrected chi connectivity index (χ3v) is 7.43. The number of hydrogen-bond donors (Lipinski definition) is 1. The summed E-state index contributed by atoms with van der Waals surface area (Å²) in [6.45, 7) is 3.40. The van der Waals surface area contributed by atoms with Crippen molar-refractivity contribution in [1.29, 1.82) is 0 Å². The van der Waals surface area contributed by atoms with Gasteiger partial charge in [-0.3, -0.25) is 19.6 Å². The van der Waals surface area contributed by atoms with Crippen LogP contribution in [0.2, 0.25) is 0 Å². The summed E-state index contributed by atoms with van der Waals surface area (Å²) in [5, 5.41) is 4.01. The quantitative estimate of drug-likeness (QED) is 0.399. The van der Waals surface area contributed by atoms with Crippen molar-refractivity contribution in [3.8, 4) is 11.5 Å². The molecule has 3 aromatic rings. The number of benzene rings is 3. The van der Waals surface area contributed by atoms with Gasteiger partial charge in [0.05, 0.1) is 38.6 Å². The Morgan fingerprint density at radius 3 is 2.50 bits per heavy atom. The zero-order chi connectivity index (χ0) is 28.2. The van der Waals surface area contributed by atoms with Gasteiger partial charge in [0.1, 0.15) is 17.2 Å². The Bertz CT molecular complexity index is 1390. The Hall–Kier alpha value is -4.24. The van der Waals surface area contributed by atoms with Gasteiger partial charge in [-0.2, -0.15) is 0 Å². The molecule has 2 aliphatic heterocycles. The van der Waals surface area contributed by atoms with E-state index < -0.39 is 0 Å². The average molecular weight is 545 g/mol. The second-order valence-electron chi connectivity index (χ2n) is 9.97. The molecular formula is C31H36N4O5. The van der Waals surface area contributed by atoms with Crippen molar-refractivity contribution >= 4 is 28.9 Å². The highest BCUT2D eigenvalue weighted by atomic mass is 16.5. The van der Waals surface area contributed by atoms with E-state index in [0.29, 0.717) is 39.0 Å². The predicted molar refractivity (Wildman–Crippen MR) is 154 cm³/mol. The van der Waals surface area contributed by atoms with Crippen molar-refractivity contribution in [2.45, 2.75) is 39.2 Å². The average Bonchev–Trinajstić information content (AvgIpc) is 3.31. The fourth-order valence-electron chi connectivity index (χ4n) is 5.41. The summed E-state index contributed by atoms with van der Waals surface area (Å²) in [5.41, 5.74) is 10.7. The molecule has 210 valence electrons. The molecule has 0 aliphatic carbocycles. The molecule has 2 heterocycles.